The van der Waals surface area contributed by atoms with Gasteiger partial charge in [0.15, 0.2) is 11.8 Å². The number of aliphatic imine (C=N–C) groups is 1. The summed E-state index contributed by atoms with van der Waals surface area (Å²) in [7, 11) is 1.77. The zero-order valence-corrected chi connectivity index (χ0v) is 15.2. The monoisotopic (exact) mass is 348 g/mol. The summed E-state index contributed by atoms with van der Waals surface area (Å²) < 4.78 is 1.96. The molecule has 0 bridgehead atoms. The first-order valence-electron chi connectivity index (χ1n) is 8.77. The quantitative estimate of drug-likeness (QED) is 0.531. The molecule has 1 aromatic heterocycles. The number of nitrogens with zero attached hydrogens (tertiary/aromatic N) is 4. The van der Waals surface area contributed by atoms with Gasteiger partial charge in [-0.3, -0.25) is 9.56 Å². The predicted octanol–water partition coefficient (Wildman–Crippen LogP) is 2.69. The van der Waals surface area contributed by atoms with E-state index in [1.807, 2.05) is 34.9 Å². The molecule has 26 heavy (non-hydrogen) atoms. The Bertz CT molecular complexity index is 854. The fraction of sp³-hybridized carbons (Fsp3) is 0.250. The minimum Gasteiger partial charge on any atom is -0.352 e. The van der Waals surface area contributed by atoms with E-state index in [1.54, 1.807) is 13.4 Å². The second-order valence-electron chi connectivity index (χ2n) is 5.85. The summed E-state index contributed by atoms with van der Waals surface area (Å²) in [6.45, 7) is 3.43. The molecular weight excluding hydrogens is 324 g/mol. The van der Waals surface area contributed by atoms with Gasteiger partial charge in [-0.25, -0.2) is 0 Å². The smallest absolute Gasteiger partial charge is 0.191 e. The summed E-state index contributed by atoms with van der Waals surface area (Å²) in [6.07, 6.45) is 2.74. The van der Waals surface area contributed by atoms with Crippen molar-refractivity contribution in [3.05, 3.63) is 77.9 Å². The highest BCUT2D eigenvalue weighted by Crippen LogP contribution is 2.10. The Hall–Kier alpha value is -3.15. The lowest BCUT2D eigenvalue weighted by atomic mass is 10.1. The first kappa shape index (κ1) is 17.7. The molecule has 0 aliphatic heterocycles. The van der Waals surface area contributed by atoms with E-state index in [1.165, 1.54) is 11.1 Å². The molecule has 1 heterocycles. The largest absolute Gasteiger partial charge is 0.352 e. The van der Waals surface area contributed by atoms with Crippen molar-refractivity contribution in [2.45, 2.75) is 26.4 Å². The number of para-hydroxylation sites is 1. The molecule has 3 rings (SSSR count). The van der Waals surface area contributed by atoms with Crippen LogP contribution >= 0.6 is 0 Å². The van der Waals surface area contributed by atoms with Gasteiger partial charge in [0.05, 0.1) is 6.54 Å². The molecule has 0 fully saturated rings. The third-order valence-corrected chi connectivity index (χ3v) is 4.24. The van der Waals surface area contributed by atoms with Gasteiger partial charge in [0.25, 0.3) is 0 Å². The van der Waals surface area contributed by atoms with Gasteiger partial charge in [-0.15, -0.1) is 10.2 Å². The van der Waals surface area contributed by atoms with Gasteiger partial charge in [-0.05, 0) is 29.7 Å². The lowest BCUT2D eigenvalue weighted by Crippen LogP contribution is -2.37. The van der Waals surface area contributed by atoms with E-state index in [0.29, 0.717) is 6.54 Å². The SMILES string of the molecule is CCc1ccccc1CNC(=NC)NCc1nncn1-c1ccccc1. The molecule has 0 saturated carbocycles. The Kier molecular flexibility index (Phi) is 5.98. The number of nitrogens with one attached hydrogen (secondary N) is 2. The highest BCUT2D eigenvalue weighted by molar-refractivity contribution is 5.79. The molecule has 0 amide bonds. The first-order chi connectivity index (χ1) is 12.8. The molecular formula is C20H24N6. The molecule has 0 saturated heterocycles. The van der Waals surface area contributed by atoms with Gasteiger partial charge in [-0.2, -0.15) is 0 Å². The average molecular weight is 348 g/mol. The fourth-order valence-electron chi connectivity index (χ4n) is 2.82. The maximum Gasteiger partial charge on any atom is 0.191 e. The van der Waals surface area contributed by atoms with Crippen LogP contribution in [-0.2, 0) is 19.5 Å². The van der Waals surface area contributed by atoms with Crippen molar-refractivity contribution in [2.24, 2.45) is 4.99 Å². The van der Waals surface area contributed by atoms with Gasteiger partial charge >= 0.3 is 0 Å². The van der Waals surface area contributed by atoms with E-state index in [4.69, 9.17) is 0 Å². The van der Waals surface area contributed by atoms with E-state index < -0.39 is 0 Å². The van der Waals surface area contributed by atoms with Crippen molar-refractivity contribution in [2.75, 3.05) is 7.05 Å². The zero-order valence-electron chi connectivity index (χ0n) is 15.2. The standard InChI is InChI=1S/C20H24N6/c1-3-16-9-7-8-10-17(16)13-22-20(21-2)23-14-19-25-24-15-26(19)18-11-5-4-6-12-18/h4-12,15H,3,13-14H2,1-2H3,(H2,21,22,23). The Labute approximate surface area is 154 Å². The van der Waals surface area contributed by atoms with E-state index >= 15 is 0 Å². The van der Waals surface area contributed by atoms with Crippen molar-refractivity contribution in [1.82, 2.24) is 25.4 Å². The lowest BCUT2D eigenvalue weighted by Gasteiger charge is -2.14. The Morgan fingerprint density at radius 3 is 2.38 bits per heavy atom. The Balaban J connectivity index is 1.61. The number of aromatic nitrogens is 3. The minimum atomic E-state index is 0.532. The molecule has 2 N–H and O–H groups in total. The summed E-state index contributed by atoms with van der Waals surface area (Å²) in [5.74, 6) is 1.56. The van der Waals surface area contributed by atoms with Crippen molar-refractivity contribution in [1.29, 1.82) is 0 Å². The molecule has 0 unspecified atom stereocenters. The number of hydrogen-bond donors (Lipinski definition) is 2. The van der Waals surface area contributed by atoms with Crippen molar-refractivity contribution in [3.63, 3.8) is 0 Å². The molecule has 0 spiro atoms. The minimum absolute atomic E-state index is 0.532. The van der Waals surface area contributed by atoms with Crippen LogP contribution < -0.4 is 10.6 Å². The number of aryl methyl sites for hydroxylation is 1. The van der Waals surface area contributed by atoms with Crippen LogP contribution in [0.15, 0.2) is 65.9 Å². The molecule has 134 valence electrons. The zero-order chi connectivity index (χ0) is 18.2. The summed E-state index contributed by atoms with van der Waals surface area (Å²) in [5, 5.41) is 14.9. The topological polar surface area (TPSA) is 67.1 Å². The second-order valence-corrected chi connectivity index (χ2v) is 5.85. The summed E-state index contributed by atoms with van der Waals surface area (Å²) in [5.41, 5.74) is 3.67. The molecule has 0 aliphatic rings. The summed E-state index contributed by atoms with van der Waals surface area (Å²) >= 11 is 0. The summed E-state index contributed by atoms with van der Waals surface area (Å²) in [4.78, 5) is 4.30. The van der Waals surface area contributed by atoms with E-state index in [9.17, 15) is 0 Å². The second kappa shape index (κ2) is 8.80. The lowest BCUT2D eigenvalue weighted by molar-refractivity contribution is 0.752. The Morgan fingerprint density at radius 2 is 1.65 bits per heavy atom. The molecule has 3 aromatic rings. The van der Waals surface area contributed by atoms with E-state index in [0.717, 1.165) is 30.4 Å². The van der Waals surface area contributed by atoms with Crippen LogP contribution in [0.4, 0.5) is 0 Å². The third kappa shape index (κ3) is 4.27. The van der Waals surface area contributed by atoms with Crippen LogP contribution in [0.5, 0.6) is 0 Å². The highest BCUT2D eigenvalue weighted by Gasteiger charge is 2.07. The number of hydrogen-bond acceptors (Lipinski definition) is 3. The van der Waals surface area contributed by atoms with Crippen LogP contribution in [0.2, 0.25) is 0 Å². The first-order valence-corrected chi connectivity index (χ1v) is 8.77. The van der Waals surface area contributed by atoms with Crippen LogP contribution in [-0.4, -0.2) is 27.8 Å². The number of rotatable bonds is 6. The van der Waals surface area contributed by atoms with Crippen LogP contribution in [0.3, 0.4) is 0 Å². The van der Waals surface area contributed by atoms with Gasteiger partial charge in [0, 0.05) is 19.3 Å². The molecule has 0 radical (unpaired) electrons. The van der Waals surface area contributed by atoms with Gasteiger partial charge in [0.1, 0.15) is 6.33 Å². The van der Waals surface area contributed by atoms with Crippen molar-refractivity contribution >= 4 is 5.96 Å². The van der Waals surface area contributed by atoms with Gasteiger partial charge < -0.3 is 10.6 Å². The van der Waals surface area contributed by atoms with Crippen molar-refractivity contribution in [3.8, 4) is 5.69 Å². The van der Waals surface area contributed by atoms with Crippen LogP contribution in [0.1, 0.15) is 23.9 Å². The highest BCUT2D eigenvalue weighted by atomic mass is 15.3. The van der Waals surface area contributed by atoms with Crippen molar-refractivity contribution < 1.29 is 0 Å². The van der Waals surface area contributed by atoms with Gasteiger partial charge in [0.2, 0.25) is 0 Å². The van der Waals surface area contributed by atoms with E-state index in [2.05, 4.69) is 57.0 Å². The number of guanidine groups is 1. The summed E-state index contributed by atoms with van der Waals surface area (Å²) in [6, 6.07) is 18.5. The molecule has 0 aliphatic carbocycles. The maximum atomic E-state index is 4.30. The molecule has 0 atom stereocenters. The average Bonchev–Trinajstić information content (AvgIpc) is 3.17. The fourth-order valence-corrected chi connectivity index (χ4v) is 2.82. The molecule has 6 nitrogen and oxygen atoms in total. The molecule has 6 heteroatoms. The molecule has 2 aromatic carbocycles. The van der Waals surface area contributed by atoms with E-state index in [-0.39, 0.29) is 0 Å². The third-order valence-electron chi connectivity index (χ3n) is 4.24. The van der Waals surface area contributed by atoms with Crippen LogP contribution in [0, 0.1) is 0 Å². The van der Waals surface area contributed by atoms with Gasteiger partial charge in [-0.1, -0.05) is 49.4 Å². The maximum absolute atomic E-state index is 4.30. The normalized spacial score (nSPS) is 11.4. The number of benzene rings is 2. The predicted molar refractivity (Wildman–Crippen MR) is 104 cm³/mol. The van der Waals surface area contributed by atoms with Crippen LogP contribution in [0.25, 0.3) is 5.69 Å². The Morgan fingerprint density at radius 1 is 0.962 bits per heavy atom.